The van der Waals surface area contributed by atoms with Crippen LogP contribution >= 0.6 is 0 Å². The van der Waals surface area contributed by atoms with Gasteiger partial charge in [0.05, 0.1) is 0 Å². The Morgan fingerprint density at radius 3 is 2.35 bits per heavy atom. The second kappa shape index (κ2) is 8.38. The summed E-state index contributed by atoms with van der Waals surface area (Å²) in [6.45, 7) is 0. The molecule has 1 aromatic heterocycles. The summed E-state index contributed by atoms with van der Waals surface area (Å²) in [5.41, 5.74) is 8.27. The first-order valence-corrected chi connectivity index (χ1v) is 8.78. The van der Waals surface area contributed by atoms with Gasteiger partial charge in [-0.15, -0.1) is 0 Å². The van der Waals surface area contributed by atoms with Gasteiger partial charge in [-0.25, -0.2) is 0 Å². The molecule has 0 fully saturated rings. The lowest BCUT2D eigenvalue weighted by atomic mass is 9.89. The van der Waals surface area contributed by atoms with Crippen LogP contribution in [0.3, 0.4) is 0 Å². The zero-order chi connectivity index (χ0) is 18.4. The summed E-state index contributed by atoms with van der Waals surface area (Å²) < 4.78 is 0. The van der Waals surface area contributed by atoms with Crippen LogP contribution in [0.4, 0.5) is 0 Å². The van der Waals surface area contributed by atoms with E-state index in [4.69, 9.17) is 0 Å². The lowest BCUT2D eigenvalue weighted by Gasteiger charge is -2.16. The van der Waals surface area contributed by atoms with Crippen LogP contribution in [-0.2, 0) is 17.6 Å². The highest BCUT2D eigenvalue weighted by Gasteiger charge is 2.14. The molecular weight excluding hydrogens is 330 g/mol. The number of benzene rings is 1. The minimum Gasteiger partial charge on any atom is -0.294 e. The van der Waals surface area contributed by atoms with E-state index >= 15 is 0 Å². The zero-order valence-electron chi connectivity index (χ0n) is 14.5. The first kappa shape index (κ1) is 17.8. The lowest BCUT2D eigenvalue weighted by molar-refractivity contribution is -0.121. The Morgan fingerprint density at radius 1 is 0.846 bits per heavy atom. The summed E-state index contributed by atoms with van der Waals surface area (Å²) in [5, 5.41) is 0. The molecule has 26 heavy (non-hydrogen) atoms. The van der Waals surface area contributed by atoms with E-state index in [1.54, 1.807) is 12.1 Å². The van der Waals surface area contributed by atoms with Crippen molar-refractivity contribution in [2.75, 3.05) is 0 Å². The number of hydrogen-bond donors (Lipinski definition) is 2. The van der Waals surface area contributed by atoms with Crippen LogP contribution in [0, 0.1) is 0 Å². The largest absolute Gasteiger partial charge is 0.294 e. The number of ketones is 1. The fourth-order valence-electron chi connectivity index (χ4n) is 3.04. The molecule has 0 saturated carbocycles. The molecule has 0 radical (unpaired) electrons. The number of nitrogens with zero attached hydrogens (tertiary/aromatic N) is 1. The maximum absolute atomic E-state index is 12.3. The van der Waals surface area contributed by atoms with Gasteiger partial charge in [0, 0.05) is 36.4 Å². The van der Waals surface area contributed by atoms with E-state index in [1.165, 1.54) is 29.9 Å². The second-order valence-corrected chi connectivity index (χ2v) is 6.35. The summed E-state index contributed by atoms with van der Waals surface area (Å²) in [4.78, 5) is 39.8. The van der Waals surface area contributed by atoms with Crippen LogP contribution < -0.4 is 10.9 Å². The van der Waals surface area contributed by atoms with Crippen LogP contribution in [0.5, 0.6) is 0 Å². The summed E-state index contributed by atoms with van der Waals surface area (Å²) >= 11 is 0. The SMILES string of the molecule is O=C(CCC(=O)c1ccc2c(c1)CCCC2)NNC(=O)c1ccncc1. The van der Waals surface area contributed by atoms with Crippen molar-refractivity contribution in [3.8, 4) is 0 Å². The zero-order valence-corrected chi connectivity index (χ0v) is 14.5. The molecule has 0 bridgehead atoms. The fraction of sp³-hybridized carbons (Fsp3) is 0.300. The van der Waals surface area contributed by atoms with E-state index in [1.807, 2.05) is 18.2 Å². The number of amides is 2. The molecule has 1 heterocycles. The monoisotopic (exact) mass is 351 g/mol. The van der Waals surface area contributed by atoms with Gasteiger partial charge < -0.3 is 0 Å². The van der Waals surface area contributed by atoms with Gasteiger partial charge in [0.1, 0.15) is 0 Å². The number of hydrazine groups is 1. The van der Waals surface area contributed by atoms with Gasteiger partial charge in [-0.2, -0.15) is 0 Å². The summed E-state index contributed by atoms with van der Waals surface area (Å²) in [5.74, 6) is -0.894. The highest BCUT2D eigenvalue weighted by Crippen LogP contribution is 2.22. The quantitative estimate of drug-likeness (QED) is 0.639. The van der Waals surface area contributed by atoms with Crippen molar-refractivity contribution in [2.24, 2.45) is 0 Å². The number of nitrogens with one attached hydrogen (secondary N) is 2. The number of carbonyl (C=O) groups is 3. The first-order valence-electron chi connectivity index (χ1n) is 8.78. The third-order valence-corrected chi connectivity index (χ3v) is 4.51. The molecule has 0 atom stereocenters. The van der Waals surface area contributed by atoms with Gasteiger partial charge in [-0.3, -0.25) is 30.2 Å². The van der Waals surface area contributed by atoms with Crippen molar-refractivity contribution in [3.63, 3.8) is 0 Å². The molecule has 2 amide bonds. The lowest BCUT2D eigenvalue weighted by Crippen LogP contribution is -2.41. The maximum Gasteiger partial charge on any atom is 0.269 e. The van der Waals surface area contributed by atoms with Crippen molar-refractivity contribution in [1.29, 1.82) is 0 Å². The molecule has 6 nitrogen and oxygen atoms in total. The van der Waals surface area contributed by atoms with E-state index in [-0.39, 0.29) is 18.6 Å². The normalized spacial score (nSPS) is 12.8. The van der Waals surface area contributed by atoms with Crippen molar-refractivity contribution in [3.05, 3.63) is 65.0 Å². The highest BCUT2D eigenvalue weighted by atomic mass is 16.2. The van der Waals surface area contributed by atoms with Crippen LogP contribution in [0.15, 0.2) is 42.7 Å². The van der Waals surface area contributed by atoms with E-state index < -0.39 is 11.8 Å². The Kier molecular flexibility index (Phi) is 5.73. The Bertz CT molecular complexity index is 818. The van der Waals surface area contributed by atoms with E-state index in [2.05, 4.69) is 15.8 Å². The smallest absolute Gasteiger partial charge is 0.269 e. The number of hydrogen-bond acceptors (Lipinski definition) is 4. The topological polar surface area (TPSA) is 88.2 Å². The Morgan fingerprint density at radius 2 is 1.58 bits per heavy atom. The third-order valence-electron chi connectivity index (χ3n) is 4.51. The van der Waals surface area contributed by atoms with Crippen LogP contribution in [0.25, 0.3) is 0 Å². The summed E-state index contributed by atoms with van der Waals surface area (Å²) in [6.07, 6.45) is 7.56. The van der Waals surface area contributed by atoms with Gasteiger partial charge in [-0.05, 0) is 55.0 Å². The molecule has 6 heteroatoms. The van der Waals surface area contributed by atoms with Gasteiger partial charge >= 0.3 is 0 Å². The Labute approximate surface area is 152 Å². The molecule has 0 spiro atoms. The minimum atomic E-state index is -0.429. The molecule has 1 aliphatic carbocycles. The number of rotatable bonds is 5. The van der Waals surface area contributed by atoms with E-state index in [0.717, 1.165) is 19.3 Å². The molecule has 0 aliphatic heterocycles. The van der Waals surface area contributed by atoms with Crippen molar-refractivity contribution in [1.82, 2.24) is 15.8 Å². The Balaban J connectivity index is 1.47. The number of aromatic nitrogens is 1. The molecular formula is C20H21N3O3. The standard InChI is InChI=1S/C20H21N3O3/c24-18(17-6-5-14-3-1-2-4-16(14)13-17)7-8-19(25)22-23-20(26)15-9-11-21-12-10-15/h5-6,9-13H,1-4,7-8H2,(H,22,25)(H,23,26). The van der Waals surface area contributed by atoms with Gasteiger partial charge in [0.25, 0.3) is 5.91 Å². The summed E-state index contributed by atoms with van der Waals surface area (Å²) in [6, 6.07) is 8.91. The highest BCUT2D eigenvalue weighted by molar-refractivity contribution is 5.99. The van der Waals surface area contributed by atoms with Gasteiger partial charge in [0.15, 0.2) is 5.78 Å². The van der Waals surface area contributed by atoms with Gasteiger partial charge in [-0.1, -0.05) is 12.1 Å². The number of aryl methyl sites for hydroxylation is 2. The molecule has 2 N–H and O–H groups in total. The average Bonchev–Trinajstić information content (AvgIpc) is 2.70. The number of Topliss-reactive ketones (excluding diaryl/α,β-unsaturated/α-hetero) is 1. The molecule has 1 aromatic carbocycles. The van der Waals surface area contributed by atoms with Gasteiger partial charge in [0.2, 0.25) is 5.91 Å². The molecule has 1 aliphatic rings. The molecule has 0 unspecified atom stereocenters. The predicted octanol–water partition coefficient (Wildman–Crippen LogP) is 2.38. The number of carbonyl (C=O) groups excluding carboxylic acids is 3. The van der Waals surface area contributed by atoms with Crippen LogP contribution in [0.2, 0.25) is 0 Å². The van der Waals surface area contributed by atoms with Crippen molar-refractivity contribution < 1.29 is 14.4 Å². The van der Waals surface area contributed by atoms with Crippen LogP contribution in [0.1, 0.15) is 57.5 Å². The average molecular weight is 351 g/mol. The fourth-order valence-corrected chi connectivity index (χ4v) is 3.04. The minimum absolute atomic E-state index is 0.0204. The van der Waals surface area contributed by atoms with E-state index in [9.17, 15) is 14.4 Å². The summed E-state index contributed by atoms with van der Waals surface area (Å²) in [7, 11) is 0. The third kappa shape index (κ3) is 4.53. The van der Waals surface area contributed by atoms with E-state index in [0.29, 0.717) is 11.1 Å². The Hall–Kier alpha value is -3.02. The number of pyridine rings is 1. The maximum atomic E-state index is 12.3. The molecule has 3 rings (SSSR count). The first-order chi connectivity index (χ1) is 12.6. The second-order valence-electron chi connectivity index (χ2n) is 6.35. The van der Waals surface area contributed by atoms with Crippen molar-refractivity contribution >= 4 is 17.6 Å². The molecule has 134 valence electrons. The molecule has 0 saturated heterocycles. The molecule has 2 aromatic rings. The van der Waals surface area contributed by atoms with Crippen LogP contribution in [-0.4, -0.2) is 22.6 Å². The number of fused-ring (bicyclic) bond motifs is 1. The predicted molar refractivity (Wildman–Crippen MR) is 96.5 cm³/mol. The van der Waals surface area contributed by atoms with Crippen molar-refractivity contribution in [2.45, 2.75) is 38.5 Å².